The number of carbonyl (C=O) groups excluding carboxylic acids is 1. The number of hydrogen-bond acceptors (Lipinski definition) is 5. The highest BCUT2D eigenvalue weighted by Crippen LogP contribution is 2.55. The third kappa shape index (κ3) is 2.03. The maximum atomic E-state index is 12.2. The standard InChI is InChI=1S/C18H23NO4/c1-11-4-5-14(21)16(22)15(11)17-8-9-19(3)12(2)18(17,23)7-6-13(20)10-17/h4-7,12,21-23H,8-10H2,1-3H3/t12-,17-,18?/m1/s1. The molecule has 0 amide bonds. The molecule has 5 nitrogen and oxygen atoms in total. The van der Waals surface area contributed by atoms with Crippen molar-refractivity contribution < 1.29 is 20.1 Å². The number of phenols is 2. The first kappa shape index (κ1) is 16.0. The third-order valence-electron chi connectivity index (χ3n) is 5.80. The van der Waals surface area contributed by atoms with Crippen LogP contribution in [0.1, 0.15) is 30.9 Å². The van der Waals surface area contributed by atoms with Crippen molar-refractivity contribution in [2.45, 2.75) is 43.7 Å². The van der Waals surface area contributed by atoms with Crippen molar-refractivity contribution in [1.29, 1.82) is 0 Å². The van der Waals surface area contributed by atoms with Gasteiger partial charge in [-0.1, -0.05) is 6.07 Å². The first-order chi connectivity index (χ1) is 10.7. The molecule has 3 rings (SSSR count). The molecular formula is C18H23NO4. The first-order valence-electron chi connectivity index (χ1n) is 7.89. The molecular weight excluding hydrogens is 294 g/mol. The minimum atomic E-state index is -1.29. The van der Waals surface area contributed by atoms with Crippen LogP contribution in [0.25, 0.3) is 0 Å². The van der Waals surface area contributed by atoms with Crippen molar-refractivity contribution in [3.8, 4) is 11.5 Å². The number of likely N-dealkylation sites (tertiary alicyclic amines) is 1. The van der Waals surface area contributed by atoms with E-state index in [9.17, 15) is 20.1 Å². The smallest absolute Gasteiger partial charge is 0.161 e. The summed E-state index contributed by atoms with van der Waals surface area (Å²) in [4.78, 5) is 14.2. The highest BCUT2D eigenvalue weighted by Gasteiger charge is 2.60. The molecule has 3 N–H and O–H groups in total. The molecule has 0 aromatic heterocycles. The summed E-state index contributed by atoms with van der Waals surface area (Å²) >= 11 is 0. The van der Waals surface area contributed by atoms with E-state index in [1.54, 1.807) is 12.1 Å². The van der Waals surface area contributed by atoms with Gasteiger partial charge in [0.25, 0.3) is 0 Å². The van der Waals surface area contributed by atoms with Crippen LogP contribution in [0.5, 0.6) is 11.5 Å². The maximum absolute atomic E-state index is 12.2. The van der Waals surface area contributed by atoms with Crippen molar-refractivity contribution in [2.24, 2.45) is 0 Å². The molecule has 124 valence electrons. The summed E-state index contributed by atoms with van der Waals surface area (Å²) in [6, 6.07) is 2.93. The minimum Gasteiger partial charge on any atom is -0.504 e. The summed E-state index contributed by atoms with van der Waals surface area (Å²) in [6.07, 6.45) is 3.65. The topological polar surface area (TPSA) is 81.0 Å². The summed E-state index contributed by atoms with van der Waals surface area (Å²) in [6.45, 7) is 4.44. The van der Waals surface area contributed by atoms with Gasteiger partial charge in [-0.2, -0.15) is 0 Å². The molecule has 0 spiro atoms. The number of phenolic OH excluding ortho intramolecular Hbond substituents is 2. The Bertz CT molecular complexity index is 699. The second-order valence-electron chi connectivity index (χ2n) is 6.92. The number of ketones is 1. The molecule has 3 atom stereocenters. The molecule has 1 aromatic rings. The monoisotopic (exact) mass is 317 g/mol. The fraction of sp³-hybridized carbons (Fsp3) is 0.500. The number of benzene rings is 1. The van der Waals surface area contributed by atoms with Crippen molar-refractivity contribution in [3.05, 3.63) is 35.4 Å². The predicted molar refractivity (Wildman–Crippen MR) is 86.6 cm³/mol. The Kier molecular flexibility index (Phi) is 3.54. The number of carbonyl (C=O) groups is 1. The molecule has 1 aliphatic carbocycles. The summed E-state index contributed by atoms with van der Waals surface area (Å²) in [5, 5.41) is 32.0. The van der Waals surface area contributed by atoms with E-state index in [2.05, 4.69) is 0 Å². The van der Waals surface area contributed by atoms with E-state index in [0.29, 0.717) is 18.5 Å². The van der Waals surface area contributed by atoms with Crippen molar-refractivity contribution in [3.63, 3.8) is 0 Å². The fourth-order valence-electron chi connectivity index (χ4n) is 4.30. The molecule has 1 aliphatic heterocycles. The number of rotatable bonds is 1. The zero-order chi connectivity index (χ0) is 17.0. The van der Waals surface area contributed by atoms with Gasteiger partial charge in [0.05, 0.1) is 0 Å². The molecule has 2 aliphatic rings. The van der Waals surface area contributed by atoms with E-state index in [1.807, 2.05) is 25.8 Å². The van der Waals surface area contributed by atoms with E-state index in [4.69, 9.17) is 0 Å². The number of nitrogens with zero attached hydrogens (tertiary/aromatic N) is 1. The summed E-state index contributed by atoms with van der Waals surface area (Å²) < 4.78 is 0. The molecule has 1 unspecified atom stereocenters. The normalized spacial score (nSPS) is 34.4. The van der Waals surface area contributed by atoms with Crippen LogP contribution < -0.4 is 0 Å². The second-order valence-corrected chi connectivity index (χ2v) is 6.92. The number of aryl methyl sites for hydroxylation is 1. The van der Waals surface area contributed by atoms with Gasteiger partial charge in [0.2, 0.25) is 0 Å². The molecule has 1 saturated heterocycles. The molecule has 0 saturated carbocycles. The van der Waals surface area contributed by atoms with E-state index in [1.165, 1.54) is 12.1 Å². The number of likely N-dealkylation sites (N-methyl/N-ethyl adjacent to an activating group) is 1. The van der Waals surface area contributed by atoms with Gasteiger partial charge in [0.1, 0.15) is 5.60 Å². The van der Waals surface area contributed by atoms with Gasteiger partial charge in [-0.15, -0.1) is 0 Å². The van der Waals surface area contributed by atoms with Crippen LogP contribution in [-0.4, -0.2) is 51.2 Å². The SMILES string of the molecule is Cc1ccc(O)c(O)c1[C@]12CCN(C)[C@H](C)C1(O)C=CC(=O)C2. The third-order valence-corrected chi connectivity index (χ3v) is 5.80. The van der Waals surface area contributed by atoms with Crippen LogP contribution in [-0.2, 0) is 10.2 Å². The average Bonchev–Trinajstić information content (AvgIpc) is 2.50. The lowest BCUT2D eigenvalue weighted by Crippen LogP contribution is -2.67. The van der Waals surface area contributed by atoms with Gasteiger partial charge in [0, 0.05) is 23.4 Å². The van der Waals surface area contributed by atoms with Gasteiger partial charge < -0.3 is 20.2 Å². The van der Waals surface area contributed by atoms with Crippen LogP contribution in [0.2, 0.25) is 0 Å². The quantitative estimate of drug-likeness (QED) is 0.686. The molecule has 0 radical (unpaired) electrons. The molecule has 23 heavy (non-hydrogen) atoms. The van der Waals surface area contributed by atoms with E-state index in [0.717, 1.165) is 5.56 Å². The number of allylic oxidation sites excluding steroid dienone is 1. The molecule has 1 heterocycles. The van der Waals surface area contributed by atoms with Crippen LogP contribution in [0, 0.1) is 6.92 Å². The Balaban J connectivity index is 2.31. The number of fused-ring (bicyclic) bond motifs is 1. The Hall–Kier alpha value is -1.85. The number of piperidine rings is 1. The first-order valence-corrected chi connectivity index (χ1v) is 7.89. The lowest BCUT2D eigenvalue weighted by molar-refractivity contribution is -0.130. The maximum Gasteiger partial charge on any atom is 0.161 e. The number of hydrogen-bond donors (Lipinski definition) is 3. The average molecular weight is 317 g/mol. The number of aromatic hydroxyl groups is 2. The van der Waals surface area contributed by atoms with Crippen LogP contribution in [0.4, 0.5) is 0 Å². The largest absolute Gasteiger partial charge is 0.504 e. The van der Waals surface area contributed by atoms with Gasteiger partial charge in [-0.25, -0.2) is 0 Å². The lowest BCUT2D eigenvalue weighted by atomic mass is 9.55. The lowest BCUT2D eigenvalue weighted by Gasteiger charge is -2.57. The Morgan fingerprint density at radius 3 is 2.70 bits per heavy atom. The van der Waals surface area contributed by atoms with Crippen LogP contribution in [0.3, 0.4) is 0 Å². The van der Waals surface area contributed by atoms with Crippen molar-refractivity contribution in [1.82, 2.24) is 4.90 Å². The van der Waals surface area contributed by atoms with Gasteiger partial charge in [-0.05, 0) is 57.6 Å². The van der Waals surface area contributed by atoms with E-state index >= 15 is 0 Å². The van der Waals surface area contributed by atoms with Crippen molar-refractivity contribution in [2.75, 3.05) is 13.6 Å². The number of aliphatic hydroxyl groups is 1. The summed E-state index contributed by atoms with van der Waals surface area (Å²) in [7, 11) is 1.94. The Labute approximate surface area is 135 Å². The Morgan fingerprint density at radius 1 is 1.30 bits per heavy atom. The predicted octanol–water partition coefficient (Wildman–Crippen LogP) is 1.63. The highest BCUT2D eigenvalue weighted by molar-refractivity contribution is 5.93. The van der Waals surface area contributed by atoms with Crippen molar-refractivity contribution >= 4 is 5.78 Å². The molecule has 0 bridgehead atoms. The Morgan fingerprint density at radius 2 is 2.00 bits per heavy atom. The van der Waals surface area contributed by atoms with Gasteiger partial charge in [-0.3, -0.25) is 4.79 Å². The van der Waals surface area contributed by atoms with Gasteiger partial charge >= 0.3 is 0 Å². The minimum absolute atomic E-state index is 0.0754. The highest BCUT2D eigenvalue weighted by atomic mass is 16.3. The van der Waals surface area contributed by atoms with E-state index in [-0.39, 0.29) is 29.7 Å². The molecule has 1 aromatic carbocycles. The second kappa shape index (κ2) is 5.08. The zero-order valence-corrected chi connectivity index (χ0v) is 13.7. The summed E-state index contributed by atoms with van der Waals surface area (Å²) in [5.74, 6) is -0.534. The molecule has 1 fully saturated rings. The molecule has 5 heteroatoms. The summed E-state index contributed by atoms with van der Waals surface area (Å²) in [5.41, 5.74) is -0.974. The van der Waals surface area contributed by atoms with E-state index < -0.39 is 11.0 Å². The zero-order valence-electron chi connectivity index (χ0n) is 13.7. The van der Waals surface area contributed by atoms with Crippen LogP contribution in [0.15, 0.2) is 24.3 Å². The van der Waals surface area contributed by atoms with Gasteiger partial charge in [0.15, 0.2) is 17.3 Å². The fourth-order valence-corrected chi connectivity index (χ4v) is 4.30. The van der Waals surface area contributed by atoms with Crippen LogP contribution >= 0.6 is 0 Å².